The Balaban J connectivity index is 2.57. The van der Waals surface area contributed by atoms with Crippen LogP contribution in [0.2, 0.25) is 5.02 Å². The van der Waals surface area contributed by atoms with Crippen molar-refractivity contribution in [1.82, 2.24) is 0 Å². The number of furan rings is 1. The topological polar surface area (TPSA) is 82.7 Å². The van der Waals surface area contributed by atoms with Crippen LogP contribution >= 0.6 is 11.6 Å². The summed E-state index contributed by atoms with van der Waals surface area (Å²) in [6.45, 7) is 1.20. The third-order valence-corrected chi connectivity index (χ3v) is 2.65. The van der Waals surface area contributed by atoms with Gasteiger partial charge in [-0.05, 0) is 18.2 Å². The van der Waals surface area contributed by atoms with E-state index in [1.807, 2.05) is 0 Å². The van der Waals surface area contributed by atoms with Gasteiger partial charge in [0.05, 0.1) is 5.02 Å². The van der Waals surface area contributed by atoms with Crippen molar-refractivity contribution in [3.8, 4) is 22.8 Å². The second kappa shape index (κ2) is 4.81. The van der Waals surface area contributed by atoms with Crippen LogP contribution in [0.5, 0.6) is 11.5 Å². The van der Waals surface area contributed by atoms with Gasteiger partial charge in [0.1, 0.15) is 5.82 Å². The van der Waals surface area contributed by atoms with E-state index in [0.29, 0.717) is 0 Å². The highest BCUT2D eigenvalue weighted by Gasteiger charge is 2.23. The number of benzene rings is 1. The van der Waals surface area contributed by atoms with E-state index in [0.717, 1.165) is 12.1 Å². The van der Waals surface area contributed by atoms with E-state index in [-0.39, 0.29) is 22.2 Å². The van der Waals surface area contributed by atoms with Crippen molar-refractivity contribution in [3.63, 3.8) is 0 Å². The molecule has 0 fully saturated rings. The number of hydrogen-bond acceptors (Lipinski definition) is 4. The molecule has 19 heavy (non-hydrogen) atoms. The summed E-state index contributed by atoms with van der Waals surface area (Å²) in [5, 5.41) is 21.6. The van der Waals surface area contributed by atoms with Crippen molar-refractivity contribution >= 4 is 23.4 Å². The minimum atomic E-state index is -0.648. The smallest absolute Gasteiger partial charge is 0.246 e. The molecular weight excluding hydrogens is 277 g/mol. The van der Waals surface area contributed by atoms with Gasteiger partial charge in [0.25, 0.3) is 0 Å². The van der Waals surface area contributed by atoms with Gasteiger partial charge in [0, 0.05) is 12.5 Å². The Morgan fingerprint density at radius 3 is 2.68 bits per heavy atom. The average Bonchev–Trinajstić information content (AvgIpc) is 2.60. The fourth-order valence-electron chi connectivity index (χ4n) is 1.51. The fourth-order valence-corrected chi connectivity index (χ4v) is 1.72. The number of carbonyl (C=O) groups excluding carboxylic acids is 1. The van der Waals surface area contributed by atoms with Crippen LogP contribution in [0.25, 0.3) is 11.3 Å². The number of halogens is 2. The SMILES string of the molecule is CC(=O)Nc1oc(-c2cc(F)ccc2Cl)c(O)c1O. The highest BCUT2D eigenvalue weighted by atomic mass is 35.5. The molecule has 0 spiro atoms. The molecular formula is C12H9ClFNO4. The Morgan fingerprint density at radius 1 is 1.37 bits per heavy atom. The van der Waals surface area contributed by atoms with E-state index in [2.05, 4.69) is 5.32 Å². The molecule has 0 saturated carbocycles. The zero-order chi connectivity index (χ0) is 14.2. The standard InChI is InChI=1S/C12H9ClFNO4/c1-5(16)15-12-10(18)9(17)11(19-12)7-4-6(14)2-3-8(7)13/h2-4,17-18H,1H3,(H,15,16). The van der Waals surface area contributed by atoms with Gasteiger partial charge in [-0.25, -0.2) is 4.39 Å². The predicted octanol–water partition coefficient (Wildman–Crippen LogP) is 3.11. The second-order valence-corrected chi connectivity index (χ2v) is 4.17. The highest BCUT2D eigenvalue weighted by molar-refractivity contribution is 6.33. The van der Waals surface area contributed by atoms with Gasteiger partial charge in [-0.3, -0.25) is 10.1 Å². The summed E-state index contributed by atoms with van der Waals surface area (Å²) >= 11 is 5.86. The Kier molecular flexibility index (Phi) is 3.35. The van der Waals surface area contributed by atoms with Crippen molar-refractivity contribution < 1.29 is 23.8 Å². The molecule has 0 unspecified atom stereocenters. The van der Waals surface area contributed by atoms with Crippen LogP contribution in [-0.2, 0) is 4.79 Å². The van der Waals surface area contributed by atoms with Crippen molar-refractivity contribution in [2.24, 2.45) is 0 Å². The molecule has 0 radical (unpaired) electrons. The molecule has 7 heteroatoms. The molecule has 1 amide bonds. The molecule has 1 aromatic carbocycles. The van der Waals surface area contributed by atoms with E-state index in [9.17, 15) is 19.4 Å². The van der Waals surface area contributed by atoms with Gasteiger partial charge >= 0.3 is 0 Å². The largest absolute Gasteiger partial charge is 0.502 e. The van der Waals surface area contributed by atoms with E-state index in [1.165, 1.54) is 13.0 Å². The minimum Gasteiger partial charge on any atom is -0.502 e. The van der Waals surface area contributed by atoms with Crippen molar-refractivity contribution in [2.75, 3.05) is 5.32 Å². The lowest BCUT2D eigenvalue weighted by atomic mass is 10.1. The molecule has 1 aromatic heterocycles. The van der Waals surface area contributed by atoms with Gasteiger partial charge in [0.15, 0.2) is 5.76 Å². The summed E-state index contributed by atoms with van der Waals surface area (Å²) in [5.74, 6) is -2.93. The summed E-state index contributed by atoms with van der Waals surface area (Å²) in [4.78, 5) is 10.9. The molecule has 100 valence electrons. The number of carbonyl (C=O) groups is 1. The second-order valence-electron chi connectivity index (χ2n) is 3.76. The van der Waals surface area contributed by atoms with Gasteiger partial charge in [0.2, 0.25) is 23.3 Å². The predicted molar refractivity (Wildman–Crippen MR) is 66.7 cm³/mol. The molecule has 2 rings (SSSR count). The molecule has 2 aromatic rings. The van der Waals surface area contributed by atoms with E-state index in [1.54, 1.807) is 0 Å². The number of amides is 1. The lowest BCUT2D eigenvalue weighted by Gasteiger charge is -2.01. The monoisotopic (exact) mass is 285 g/mol. The molecule has 0 aliphatic carbocycles. The van der Waals surface area contributed by atoms with Crippen LogP contribution in [0.3, 0.4) is 0 Å². The van der Waals surface area contributed by atoms with Crippen LogP contribution in [0.1, 0.15) is 6.92 Å². The maximum Gasteiger partial charge on any atom is 0.246 e. The van der Waals surface area contributed by atoms with Crippen LogP contribution in [0.15, 0.2) is 22.6 Å². The summed E-state index contributed by atoms with van der Waals surface area (Å²) in [6.07, 6.45) is 0. The van der Waals surface area contributed by atoms with E-state index >= 15 is 0 Å². The van der Waals surface area contributed by atoms with Crippen molar-refractivity contribution in [3.05, 3.63) is 29.0 Å². The van der Waals surface area contributed by atoms with Gasteiger partial charge < -0.3 is 14.6 Å². The zero-order valence-corrected chi connectivity index (χ0v) is 10.5. The third kappa shape index (κ3) is 2.48. The lowest BCUT2D eigenvalue weighted by molar-refractivity contribution is -0.114. The van der Waals surface area contributed by atoms with Gasteiger partial charge in [-0.2, -0.15) is 0 Å². The third-order valence-electron chi connectivity index (χ3n) is 2.32. The quantitative estimate of drug-likeness (QED) is 0.792. The molecule has 0 saturated heterocycles. The summed E-state index contributed by atoms with van der Waals surface area (Å²) in [6, 6.07) is 3.46. The first-order chi connectivity index (χ1) is 8.90. The fraction of sp³-hybridized carbons (Fsp3) is 0.0833. The molecule has 0 bridgehead atoms. The van der Waals surface area contributed by atoms with Crippen LogP contribution < -0.4 is 5.32 Å². The molecule has 5 nitrogen and oxygen atoms in total. The molecule has 3 N–H and O–H groups in total. The summed E-state index contributed by atoms with van der Waals surface area (Å²) in [7, 11) is 0. The number of aromatic hydroxyl groups is 2. The maximum absolute atomic E-state index is 13.2. The van der Waals surface area contributed by atoms with Gasteiger partial charge in [-0.1, -0.05) is 11.6 Å². The van der Waals surface area contributed by atoms with Crippen LogP contribution in [-0.4, -0.2) is 16.1 Å². The maximum atomic E-state index is 13.2. The highest BCUT2D eigenvalue weighted by Crippen LogP contribution is 2.46. The number of rotatable bonds is 2. The molecule has 1 heterocycles. The Labute approximate surface area is 112 Å². The number of nitrogens with one attached hydrogen (secondary N) is 1. The normalized spacial score (nSPS) is 10.5. The first-order valence-corrected chi connectivity index (χ1v) is 5.55. The Hall–Kier alpha value is -2.21. The summed E-state index contributed by atoms with van der Waals surface area (Å²) in [5.41, 5.74) is 0.0612. The van der Waals surface area contributed by atoms with Gasteiger partial charge in [-0.15, -0.1) is 0 Å². The van der Waals surface area contributed by atoms with Crippen molar-refractivity contribution in [2.45, 2.75) is 6.92 Å². The minimum absolute atomic E-state index is 0.0612. The van der Waals surface area contributed by atoms with E-state index in [4.69, 9.17) is 16.0 Å². The molecule has 0 aliphatic rings. The summed E-state index contributed by atoms with van der Waals surface area (Å²) < 4.78 is 18.3. The zero-order valence-electron chi connectivity index (χ0n) is 9.70. The molecule has 0 atom stereocenters. The first-order valence-electron chi connectivity index (χ1n) is 5.18. The van der Waals surface area contributed by atoms with E-state index < -0.39 is 23.2 Å². The van der Waals surface area contributed by atoms with Crippen LogP contribution in [0.4, 0.5) is 10.3 Å². The Bertz CT molecular complexity index is 653. The van der Waals surface area contributed by atoms with Crippen LogP contribution in [0, 0.1) is 5.82 Å². The average molecular weight is 286 g/mol. The first kappa shape index (κ1) is 13.2. The number of anilines is 1. The number of hydrogen-bond donors (Lipinski definition) is 3. The molecule has 0 aliphatic heterocycles. The van der Waals surface area contributed by atoms with Crippen molar-refractivity contribution in [1.29, 1.82) is 0 Å². The lowest BCUT2D eigenvalue weighted by Crippen LogP contribution is -2.04. The Morgan fingerprint density at radius 2 is 2.05 bits per heavy atom.